The maximum absolute atomic E-state index is 14.3. The zero-order valence-corrected chi connectivity index (χ0v) is 29.0. The molecule has 7 heteroatoms. The van der Waals surface area contributed by atoms with E-state index in [9.17, 15) is 4.39 Å². The Morgan fingerprint density at radius 3 is 2.22 bits per heavy atom. The van der Waals surface area contributed by atoms with E-state index in [1.165, 1.54) is 11.3 Å². The third-order valence-electron chi connectivity index (χ3n) is 7.82. The number of nitrogens with zero attached hydrogens (tertiary/aromatic N) is 3. The predicted octanol–water partition coefficient (Wildman–Crippen LogP) is 9.62. The van der Waals surface area contributed by atoms with Crippen LogP contribution in [0.2, 0.25) is 19.6 Å². The first kappa shape index (κ1) is 31.3. The van der Waals surface area contributed by atoms with Crippen molar-refractivity contribution in [3.63, 3.8) is 0 Å². The molecule has 0 aliphatic rings. The van der Waals surface area contributed by atoms with Crippen molar-refractivity contribution in [2.45, 2.75) is 19.6 Å². The van der Waals surface area contributed by atoms with Crippen molar-refractivity contribution in [1.82, 2.24) is 14.5 Å². The molecule has 46 heavy (non-hydrogen) atoms. The van der Waals surface area contributed by atoms with Crippen molar-refractivity contribution in [3.8, 4) is 28.3 Å². The van der Waals surface area contributed by atoms with Gasteiger partial charge in [0.2, 0.25) is 0 Å². The quantitative estimate of drug-likeness (QED) is 0.132. The van der Waals surface area contributed by atoms with Gasteiger partial charge in [0.1, 0.15) is 0 Å². The van der Waals surface area contributed by atoms with Crippen LogP contribution in [0.25, 0.3) is 61.3 Å². The summed E-state index contributed by atoms with van der Waals surface area (Å²) in [5.74, 6) is 0.337. The fourth-order valence-corrected chi connectivity index (χ4v) is 6.51. The average molecular weight is 796 g/mol. The molecule has 0 atom stereocenters. The summed E-state index contributed by atoms with van der Waals surface area (Å²) in [7, 11) is -1.23. The molecule has 0 unspecified atom stereocenters. The zero-order chi connectivity index (χ0) is 31.0. The molecule has 3 heterocycles. The van der Waals surface area contributed by atoms with Crippen LogP contribution >= 0.6 is 0 Å². The predicted molar refractivity (Wildman–Crippen MR) is 184 cm³/mol. The molecule has 0 aliphatic carbocycles. The first-order valence-electron chi connectivity index (χ1n) is 14.9. The van der Waals surface area contributed by atoms with E-state index in [-0.39, 0.29) is 31.5 Å². The number of imidazole rings is 1. The van der Waals surface area contributed by atoms with Gasteiger partial charge in [0.15, 0.2) is 11.4 Å². The smallest absolute Gasteiger partial charge is 0.165 e. The van der Waals surface area contributed by atoms with E-state index in [1.54, 1.807) is 6.07 Å². The summed E-state index contributed by atoms with van der Waals surface area (Å²) < 4.78 is 22.4. The molecule has 5 aromatic carbocycles. The number of para-hydroxylation sites is 4. The Morgan fingerprint density at radius 1 is 0.717 bits per heavy atom. The fraction of sp³-hybridized carbons (Fsp3) is 0.0769. The molecule has 0 aliphatic heterocycles. The number of aromatic nitrogens is 3. The van der Waals surface area contributed by atoms with Gasteiger partial charge in [-0.05, 0) is 41.2 Å². The van der Waals surface area contributed by atoms with Crippen LogP contribution < -0.4 is 5.19 Å². The van der Waals surface area contributed by atoms with Crippen molar-refractivity contribution >= 4 is 46.2 Å². The number of furan rings is 1. The molecule has 0 amide bonds. The molecule has 8 aromatic rings. The monoisotopic (exact) mass is 796 g/mol. The second-order valence-corrected chi connectivity index (χ2v) is 16.9. The summed E-state index contributed by atoms with van der Waals surface area (Å²) >= 11 is 0. The van der Waals surface area contributed by atoms with Gasteiger partial charge in [0, 0.05) is 37.4 Å². The molecule has 3 aromatic heterocycles. The van der Waals surface area contributed by atoms with Crippen LogP contribution in [-0.2, 0) is 20.1 Å². The van der Waals surface area contributed by atoms with Crippen molar-refractivity contribution in [2.24, 2.45) is 0 Å². The van der Waals surface area contributed by atoms with Crippen molar-refractivity contribution in [2.75, 3.05) is 0 Å². The minimum Gasteiger partial charge on any atom is -0.497 e. The van der Waals surface area contributed by atoms with Gasteiger partial charge in [-0.15, -0.1) is 54.1 Å². The van der Waals surface area contributed by atoms with Crippen LogP contribution in [0.5, 0.6) is 0 Å². The molecule has 0 saturated heterocycles. The second-order valence-electron chi connectivity index (χ2n) is 11.9. The van der Waals surface area contributed by atoms with Gasteiger partial charge in [0.05, 0.1) is 30.5 Å². The number of rotatable bonds is 4. The number of benzene rings is 5. The van der Waals surface area contributed by atoms with Gasteiger partial charge in [-0.3, -0.25) is 4.98 Å². The maximum atomic E-state index is 14.3. The number of pyridine rings is 1. The molecule has 229 valence electrons. The SMILES string of the molecule is C[Si](C)(C)c1ccc(-c2[c-]cccc2)nc1.Fc1cccc2c1oc1c(-c3nc4ccccc4n3-c3ccccc3)[c-]ccc12.[Ir]. The van der Waals surface area contributed by atoms with Gasteiger partial charge >= 0.3 is 0 Å². The molecule has 0 spiro atoms. The van der Waals surface area contributed by atoms with Crippen LogP contribution in [0.1, 0.15) is 0 Å². The first-order valence-corrected chi connectivity index (χ1v) is 18.4. The number of hydrogen-bond donors (Lipinski definition) is 0. The van der Waals surface area contributed by atoms with Gasteiger partial charge in [-0.1, -0.05) is 85.2 Å². The second kappa shape index (κ2) is 13.0. The van der Waals surface area contributed by atoms with E-state index in [1.807, 2.05) is 103 Å². The molecule has 4 nitrogen and oxygen atoms in total. The summed E-state index contributed by atoms with van der Waals surface area (Å²) in [4.78, 5) is 9.40. The van der Waals surface area contributed by atoms with Crippen LogP contribution in [0, 0.1) is 17.9 Å². The Labute approximate surface area is 281 Å². The molecule has 0 N–H and O–H groups in total. The van der Waals surface area contributed by atoms with Crippen LogP contribution in [-0.4, -0.2) is 22.6 Å². The average Bonchev–Trinajstić information content (AvgIpc) is 3.65. The van der Waals surface area contributed by atoms with E-state index in [0.717, 1.165) is 38.8 Å². The topological polar surface area (TPSA) is 43.9 Å². The van der Waals surface area contributed by atoms with E-state index in [2.05, 4.69) is 53.5 Å². The largest absolute Gasteiger partial charge is 0.497 e. The Morgan fingerprint density at radius 2 is 1.48 bits per heavy atom. The van der Waals surface area contributed by atoms with Crippen molar-refractivity contribution in [3.05, 3.63) is 145 Å². The van der Waals surface area contributed by atoms with Gasteiger partial charge < -0.3 is 14.0 Å². The first-order chi connectivity index (χ1) is 21.9. The zero-order valence-electron chi connectivity index (χ0n) is 25.6. The molecule has 8 rings (SSSR count). The van der Waals surface area contributed by atoms with Crippen LogP contribution in [0.3, 0.4) is 0 Å². The maximum Gasteiger partial charge on any atom is 0.165 e. The normalized spacial score (nSPS) is 11.3. The minimum absolute atomic E-state index is 0. The molecular weight excluding hydrogens is 766 g/mol. The summed E-state index contributed by atoms with van der Waals surface area (Å²) in [6.45, 7) is 7.00. The fourth-order valence-electron chi connectivity index (χ4n) is 5.48. The molecular formula is C39H30FIrN3OSi-2. The third-order valence-corrected chi connectivity index (χ3v) is 9.85. The van der Waals surface area contributed by atoms with E-state index >= 15 is 0 Å². The van der Waals surface area contributed by atoms with Gasteiger partial charge in [-0.25, -0.2) is 4.39 Å². The third kappa shape index (κ3) is 5.97. The molecule has 0 saturated carbocycles. The van der Waals surface area contributed by atoms with E-state index < -0.39 is 8.07 Å². The van der Waals surface area contributed by atoms with Crippen LogP contribution in [0.15, 0.2) is 132 Å². The summed E-state index contributed by atoms with van der Waals surface area (Å²) in [5.41, 5.74) is 6.46. The van der Waals surface area contributed by atoms with Gasteiger partial charge in [-0.2, -0.15) is 0 Å². The molecule has 1 radical (unpaired) electrons. The molecule has 0 bridgehead atoms. The van der Waals surface area contributed by atoms with E-state index in [0.29, 0.717) is 17.0 Å². The Bertz CT molecular complexity index is 2260. The number of fused-ring (bicyclic) bond motifs is 4. The number of hydrogen-bond acceptors (Lipinski definition) is 3. The van der Waals surface area contributed by atoms with Crippen molar-refractivity contribution in [1.29, 1.82) is 0 Å². The van der Waals surface area contributed by atoms with Gasteiger partial charge in [0.25, 0.3) is 0 Å². The van der Waals surface area contributed by atoms with E-state index in [4.69, 9.17) is 9.40 Å². The Hall–Kier alpha value is -4.68. The Balaban J connectivity index is 0.000000187. The summed E-state index contributed by atoms with van der Waals surface area (Å²) in [5, 5.41) is 2.99. The number of halogens is 1. The minimum atomic E-state index is -1.23. The summed E-state index contributed by atoms with van der Waals surface area (Å²) in [6.07, 6.45) is 2.02. The molecule has 0 fully saturated rings. The van der Waals surface area contributed by atoms with Crippen LogP contribution in [0.4, 0.5) is 4.39 Å². The standard InChI is InChI=1S/C25H14FN2O.C14H16NSi.Ir/c26-20-13-7-11-18-17-10-6-12-19(23(17)29-24(18)20)25-27-21-14-4-5-15-22(21)28(25)16-8-2-1-3-9-16;1-16(2,3)13-9-10-14(15-11-13)12-7-5-4-6-8-12;/h1-11,13-15H;4-7,9-11H,1-3H3;/q2*-1;. The Kier molecular flexibility index (Phi) is 8.83. The summed E-state index contributed by atoms with van der Waals surface area (Å²) in [6, 6.07) is 45.5. The van der Waals surface area contributed by atoms with Crippen molar-refractivity contribution < 1.29 is 28.9 Å².